The summed E-state index contributed by atoms with van der Waals surface area (Å²) in [5.41, 5.74) is -0.261. The third-order valence-electron chi connectivity index (χ3n) is 5.08. The number of carboxylic acids is 1. The Labute approximate surface area is 179 Å². The molecule has 0 bridgehead atoms. The Bertz CT molecular complexity index is 1170. The summed E-state index contributed by atoms with van der Waals surface area (Å²) < 4.78 is 41.5. The van der Waals surface area contributed by atoms with Gasteiger partial charge in [0.1, 0.15) is 0 Å². The molecule has 31 heavy (non-hydrogen) atoms. The second kappa shape index (κ2) is 7.73. The van der Waals surface area contributed by atoms with Crippen molar-refractivity contribution in [1.82, 2.24) is 14.7 Å². The number of carbonyl (C=O) groups excluding carboxylic acids is 1. The van der Waals surface area contributed by atoms with Crippen molar-refractivity contribution in [3.63, 3.8) is 0 Å². The zero-order valence-electron chi connectivity index (χ0n) is 15.9. The summed E-state index contributed by atoms with van der Waals surface area (Å²) in [6, 6.07) is 11.2. The second-order valence-electron chi connectivity index (χ2n) is 6.99. The number of benzene rings is 2. The van der Waals surface area contributed by atoms with Crippen LogP contribution in [0.5, 0.6) is 0 Å². The Morgan fingerprint density at radius 1 is 1.06 bits per heavy atom. The van der Waals surface area contributed by atoms with Gasteiger partial charge in [-0.1, -0.05) is 23.7 Å². The standard InChI is InChI=1S/C21H15ClF3N3O3/c22-12-5-7-13(8-6-12)28-17-9-10-27(11-15(17)18(26-28)20(30)31)19(29)14-3-1-2-4-16(14)21(23,24)25/h1-8H,9-11H2,(H,30,31). The van der Waals surface area contributed by atoms with Crippen LogP contribution in [0.1, 0.15) is 37.7 Å². The third-order valence-corrected chi connectivity index (χ3v) is 5.33. The van der Waals surface area contributed by atoms with Crippen molar-refractivity contribution in [2.45, 2.75) is 19.1 Å². The molecule has 0 aliphatic carbocycles. The van der Waals surface area contributed by atoms with E-state index in [-0.39, 0.29) is 25.2 Å². The molecule has 10 heteroatoms. The maximum atomic E-state index is 13.3. The molecule has 0 saturated carbocycles. The van der Waals surface area contributed by atoms with Crippen LogP contribution in [-0.2, 0) is 19.1 Å². The van der Waals surface area contributed by atoms with Crippen LogP contribution in [0.15, 0.2) is 48.5 Å². The fourth-order valence-corrected chi connectivity index (χ4v) is 3.77. The van der Waals surface area contributed by atoms with Crippen molar-refractivity contribution in [2.75, 3.05) is 6.54 Å². The monoisotopic (exact) mass is 449 g/mol. The second-order valence-corrected chi connectivity index (χ2v) is 7.42. The molecule has 4 rings (SSSR count). The van der Waals surface area contributed by atoms with Crippen LogP contribution in [0.25, 0.3) is 5.69 Å². The molecule has 1 aliphatic heterocycles. The molecule has 160 valence electrons. The molecular weight excluding hydrogens is 435 g/mol. The van der Waals surface area contributed by atoms with Crippen LogP contribution in [0.4, 0.5) is 13.2 Å². The number of alkyl halides is 3. The molecule has 3 aromatic rings. The van der Waals surface area contributed by atoms with Crippen LogP contribution < -0.4 is 0 Å². The van der Waals surface area contributed by atoms with Gasteiger partial charge in [0.2, 0.25) is 0 Å². The molecule has 2 heterocycles. The summed E-state index contributed by atoms with van der Waals surface area (Å²) in [6.45, 7) is -0.0358. The first-order chi connectivity index (χ1) is 14.7. The predicted molar refractivity (Wildman–Crippen MR) is 105 cm³/mol. The van der Waals surface area contributed by atoms with E-state index in [9.17, 15) is 27.9 Å². The Morgan fingerprint density at radius 2 is 1.74 bits per heavy atom. The van der Waals surface area contributed by atoms with Crippen LogP contribution in [0.2, 0.25) is 5.02 Å². The highest BCUT2D eigenvalue weighted by atomic mass is 35.5. The van der Waals surface area contributed by atoms with Crippen molar-refractivity contribution < 1.29 is 27.9 Å². The largest absolute Gasteiger partial charge is 0.476 e. The van der Waals surface area contributed by atoms with Gasteiger partial charge in [-0.2, -0.15) is 18.3 Å². The summed E-state index contributed by atoms with van der Waals surface area (Å²) in [5.74, 6) is -2.09. The lowest BCUT2D eigenvalue weighted by atomic mass is 10.0. The number of halogens is 4. The topological polar surface area (TPSA) is 75.4 Å². The van der Waals surface area contributed by atoms with Gasteiger partial charge in [-0.15, -0.1) is 0 Å². The SMILES string of the molecule is O=C(O)c1nn(-c2ccc(Cl)cc2)c2c1CN(C(=O)c1ccccc1C(F)(F)F)CC2. The lowest BCUT2D eigenvalue weighted by Gasteiger charge is -2.28. The first-order valence-corrected chi connectivity index (χ1v) is 9.60. The zero-order valence-corrected chi connectivity index (χ0v) is 16.6. The quantitative estimate of drug-likeness (QED) is 0.641. The number of carbonyl (C=O) groups is 2. The fourth-order valence-electron chi connectivity index (χ4n) is 3.65. The molecule has 1 amide bonds. The molecule has 0 radical (unpaired) electrons. The zero-order chi connectivity index (χ0) is 22.3. The molecule has 1 N–H and O–H groups in total. The van der Waals surface area contributed by atoms with Gasteiger partial charge in [0.25, 0.3) is 5.91 Å². The Kier molecular flexibility index (Phi) is 5.22. The van der Waals surface area contributed by atoms with E-state index in [0.717, 1.165) is 12.1 Å². The van der Waals surface area contributed by atoms with Crippen molar-refractivity contribution >= 4 is 23.5 Å². The summed E-state index contributed by atoms with van der Waals surface area (Å²) in [7, 11) is 0. The van der Waals surface area contributed by atoms with Crippen molar-refractivity contribution in [1.29, 1.82) is 0 Å². The van der Waals surface area contributed by atoms with Gasteiger partial charge in [0.05, 0.1) is 29.1 Å². The summed E-state index contributed by atoms with van der Waals surface area (Å²) in [6.07, 6.45) is -4.45. The van der Waals surface area contributed by atoms with Crippen molar-refractivity contribution in [3.05, 3.63) is 81.6 Å². The first-order valence-electron chi connectivity index (χ1n) is 9.22. The molecule has 2 aromatic carbocycles. The minimum Gasteiger partial charge on any atom is -0.476 e. The molecule has 0 atom stereocenters. The summed E-state index contributed by atoms with van der Waals surface area (Å²) >= 11 is 5.91. The Morgan fingerprint density at radius 3 is 2.39 bits per heavy atom. The Hall–Kier alpha value is -3.33. The van der Waals surface area contributed by atoms with Crippen LogP contribution in [0, 0.1) is 0 Å². The number of amides is 1. The van der Waals surface area contributed by atoms with Gasteiger partial charge in [-0.25, -0.2) is 9.48 Å². The van der Waals surface area contributed by atoms with E-state index >= 15 is 0 Å². The smallest absolute Gasteiger partial charge is 0.417 e. The molecule has 0 saturated heterocycles. The number of nitrogens with zero attached hydrogens (tertiary/aromatic N) is 3. The van der Waals surface area contributed by atoms with E-state index in [4.69, 9.17) is 11.6 Å². The van der Waals surface area contributed by atoms with E-state index in [0.29, 0.717) is 22.0 Å². The van der Waals surface area contributed by atoms with Gasteiger partial charge >= 0.3 is 12.1 Å². The number of carboxylic acid groups (broad SMARTS) is 1. The van der Waals surface area contributed by atoms with Crippen molar-refractivity contribution in [2.24, 2.45) is 0 Å². The highest BCUT2D eigenvalue weighted by molar-refractivity contribution is 6.30. The van der Waals surface area contributed by atoms with Crippen molar-refractivity contribution in [3.8, 4) is 5.69 Å². The fraction of sp³-hybridized carbons (Fsp3) is 0.190. The Balaban J connectivity index is 1.72. The number of rotatable bonds is 3. The predicted octanol–water partition coefficient (Wildman–Crippen LogP) is 4.44. The molecule has 0 unspecified atom stereocenters. The maximum Gasteiger partial charge on any atom is 0.417 e. The van der Waals surface area contributed by atoms with Crippen LogP contribution in [-0.4, -0.2) is 38.2 Å². The molecule has 6 nitrogen and oxygen atoms in total. The van der Waals surface area contributed by atoms with Crippen LogP contribution >= 0.6 is 11.6 Å². The number of hydrogen-bond acceptors (Lipinski definition) is 3. The normalized spacial score (nSPS) is 13.7. The molecule has 1 aromatic heterocycles. The van der Waals surface area contributed by atoms with E-state index in [1.807, 2.05) is 0 Å². The summed E-state index contributed by atoms with van der Waals surface area (Å²) in [5, 5.41) is 14.3. The van der Waals surface area contributed by atoms with E-state index < -0.39 is 29.2 Å². The minimum absolute atomic E-state index is 0.121. The van der Waals surface area contributed by atoms with Gasteiger partial charge in [-0.3, -0.25) is 4.79 Å². The highest BCUT2D eigenvalue weighted by Crippen LogP contribution is 2.33. The first kappa shape index (κ1) is 20.9. The lowest BCUT2D eigenvalue weighted by Crippen LogP contribution is -2.37. The maximum absolute atomic E-state index is 13.3. The van der Waals surface area contributed by atoms with E-state index in [1.165, 1.54) is 21.7 Å². The summed E-state index contributed by atoms with van der Waals surface area (Å²) in [4.78, 5) is 25.9. The van der Waals surface area contributed by atoms with Gasteiger partial charge < -0.3 is 10.0 Å². The number of aromatic carboxylic acids is 1. The van der Waals surface area contributed by atoms with E-state index in [2.05, 4.69) is 5.10 Å². The molecule has 0 fully saturated rings. The van der Waals surface area contributed by atoms with Gasteiger partial charge in [0, 0.05) is 23.6 Å². The third kappa shape index (κ3) is 3.88. The van der Waals surface area contributed by atoms with Gasteiger partial charge in [0.15, 0.2) is 5.69 Å². The molecule has 0 spiro atoms. The average Bonchev–Trinajstić information content (AvgIpc) is 3.12. The molecular formula is C21H15ClF3N3O3. The highest BCUT2D eigenvalue weighted by Gasteiger charge is 2.37. The number of fused-ring (bicyclic) bond motifs is 1. The minimum atomic E-state index is -4.68. The van der Waals surface area contributed by atoms with Gasteiger partial charge in [-0.05, 0) is 36.4 Å². The average molecular weight is 450 g/mol. The number of aromatic nitrogens is 2. The lowest BCUT2D eigenvalue weighted by molar-refractivity contribution is -0.138. The van der Waals surface area contributed by atoms with Crippen LogP contribution in [0.3, 0.4) is 0 Å². The van der Waals surface area contributed by atoms with E-state index in [1.54, 1.807) is 24.3 Å². The molecule has 1 aliphatic rings. The number of hydrogen-bond donors (Lipinski definition) is 1.